The van der Waals surface area contributed by atoms with Crippen molar-refractivity contribution < 1.29 is 4.58 Å². The van der Waals surface area contributed by atoms with Crippen molar-refractivity contribution in [1.82, 2.24) is 5.32 Å². The lowest BCUT2D eigenvalue weighted by Crippen LogP contribution is -2.64. The minimum Gasteiger partial charge on any atom is -0.245 e. The van der Waals surface area contributed by atoms with Gasteiger partial charge in [0.25, 0.3) is 5.84 Å². The zero-order chi connectivity index (χ0) is 20.4. The molecule has 0 radical (unpaired) electrons. The number of hydrogen-bond acceptors (Lipinski definition) is 1. The van der Waals surface area contributed by atoms with E-state index in [0.29, 0.717) is 6.04 Å². The quantitative estimate of drug-likeness (QED) is 0.599. The summed E-state index contributed by atoms with van der Waals surface area (Å²) in [5.74, 6) is 1.25. The molecule has 3 aliphatic rings. The van der Waals surface area contributed by atoms with Crippen molar-refractivity contribution >= 4 is 5.84 Å². The second-order valence-electron chi connectivity index (χ2n) is 9.03. The Balaban J connectivity index is 1.68. The van der Waals surface area contributed by atoms with E-state index in [-0.39, 0.29) is 5.54 Å². The van der Waals surface area contributed by atoms with Crippen LogP contribution in [0.5, 0.6) is 0 Å². The van der Waals surface area contributed by atoms with Crippen LogP contribution in [0.2, 0.25) is 0 Å². The molecule has 2 nitrogen and oxygen atoms in total. The van der Waals surface area contributed by atoms with Gasteiger partial charge in [-0.25, -0.2) is 9.89 Å². The van der Waals surface area contributed by atoms with Crippen LogP contribution in [0.1, 0.15) is 68.9 Å². The molecule has 1 saturated carbocycles. The van der Waals surface area contributed by atoms with Crippen LogP contribution in [0.3, 0.4) is 0 Å². The maximum absolute atomic E-state index is 4.69. The van der Waals surface area contributed by atoms with Crippen molar-refractivity contribution in [3.8, 4) is 0 Å². The van der Waals surface area contributed by atoms with Gasteiger partial charge in [0.2, 0.25) is 0 Å². The summed E-state index contributed by atoms with van der Waals surface area (Å²) in [7, 11) is 0. The molecule has 2 aliphatic carbocycles. The first kappa shape index (κ1) is 19.4. The van der Waals surface area contributed by atoms with Gasteiger partial charge in [0.1, 0.15) is 0 Å². The Morgan fingerprint density at radius 1 is 0.800 bits per heavy atom. The number of hydrogen-bond donors (Lipinski definition) is 1. The highest BCUT2D eigenvalue weighted by Crippen LogP contribution is 2.48. The van der Waals surface area contributed by atoms with E-state index in [1.165, 1.54) is 79.6 Å². The van der Waals surface area contributed by atoms with Crippen molar-refractivity contribution in [2.75, 3.05) is 0 Å². The van der Waals surface area contributed by atoms with Crippen LogP contribution in [0.25, 0.3) is 0 Å². The van der Waals surface area contributed by atoms with Crippen molar-refractivity contribution in [2.24, 2.45) is 0 Å². The number of amidine groups is 1. The Morgan fingerprint density at radius 2 is 1.43 bits per heavy atom. The molecule has 1 N–H and O–H groups in total. The summed E-state index contributed by atoms with van der Waals surface area (Å²) in [6.45, 7) is 4.69. The third kappa shape index (κ3) is 3.14. The van der Waals surface area contributed by atoms with Gasteiger partial charge < -0.3 is 0 Å². The number of nitrogens with zero attached hydrogens (tertiary/aromatic N) is 1. The maximum atomic E-state index is 4.69. The standard InChI is InChI=1S/C28H32N2/c1-22-27(29-25-18-10-4-11-19-25)30(26-20-12-5-13-21-26)28(22,23-14-6-2-7-15-23)24-16-8-3-9-17-24/h2-3,6-9,14-18,26H,1,4-5,10-13,19-21H2/p+1. The summed E-state index contributed by atoms with van der Waals surface area (Å²) >= 11 is 0. The van der Waals surface area contributed by atoms with Crippen LogP contribution in [-0.2, 0) is 5.54 Å². The number of allylic oxidation sites excluding steroid dienone is 2. The minimum absolute atomic E-state index is 0.276. The van der Waals surface area contributed by atoms with Crippen molar-refractivity contribution in [3.05, 3.63) is 95.7 Å². The molecule has 0 unspecified atom stereocenters. The molecule has 1 aliphatic heterocycles. The molecule has 0 aromatic heterocycles. The van der Waals surface area contributed by atoms with Crippen molar-refractivity contribution in [3.63, 3.8) is 0 Å². The Labute approximate surface area is 181 Å². The highest BCUT2D eigenvalue weighted by molar-refractivity contribution is 6.02. The van der Waals surface area contributed by atoms with Gasteiger partial charge in [0, 0.05) is 17.5 Å². The van der Waals surface area contributed by atoms with Crippen molar-refractivity contribution in [2.45, 2.75) is 69.4 Å². The largest absolute Gasteiger partial charge is 0.284 e. The molecular weight excluding hydrogens is 364 g/mol. The van der Waals surface area contributed by atoms with E-state index in [1.54, 1.807) is 0 Å². The lowest BCUT2D eigenvalue weighted by molar-refractivity contribution is -0.652. The highest BCUT2D eigenvalue weighted by atomic mass is 15.3. The molecule has 0 atom stereocenters. The molecule has 30 heavy (non-hydrogen) atoms. The summed E-state index contributed by atoms with van der Waals surface area (Å²) in [5.41, 5.74) is 4.97. The van der Waals surface area contributed by atoms with E-state index in [4.69, 9.17) is 6.58 Å². The lowest BCUT2D eigenvalue weighted by atomic mass is 9.69. The van der Waals surface area contributed by atoms with Crippen LogP contribution in [0, 0.1) is 0 Å². The molecule has 2 aromatic carbocycles. The third-order valence-electron chi connectivity index (χ3n) is 7.22. The van der Waals surface area contributed by atoms with Crippen LogP contribution in [-0.4, -0.2) is 16.5 Å². The molecule has 0 saturated heterocycles. The summed E-state index contributed by atoms with van der Waals surface area (Å²) in [5, 5.41) is 3.85. The van der Waals surface area contributed by atoms with E-state index < -0.39 is 0 Å². The second-order valence-corrected chi connectivity index (χ2v) is 9.03. The van der Waals surface area contributed by atoms with E-state index in [0.717, 1.165) is 6.42 Å². The van der Waals surface area contributed by atoms with Gasteiger partial charge in [-0.3, -0.25) is 0 Å². The van der Waals surface area contributed by atoms with Gasteiger partial charge in [-0.1, -0.05) is 73.7 Å². The van der Waals surface area contributed by atoms with Gasteiger partial charge in [-0.15, -0.1) is 0 Å². The summed E-state index contributed by atoms with van der Waals surface area (Å²) in [6.07, 6.45) is 13.9. The smallest absolute Gasteiger partial charge is 0.245 e. The minimum atomic E-state index is -0.276. The van der Waals surface area contributed by atoms with E-state index in [2.05, 4.69) is 76.6 Å². The fraction of sp³-hybridized carbons (Fsp3) is 0.393. The predicted molar refractivity (Wildman–Crippen MR) is 125 cm³/mol. The van der Waals surface area contributed by atoms with Gasteiger partial charge >= 0.3 is 0 Å². The van der Waals surface area contributed by atoms with Crippen LogP contribution in [0.15, 0.2) is 84.6 Å². The molecule has 5 rings (SSSR count). The summed E-state index contributed by atoms with van der Waals surface area (Å²) in [4.78, 5) is 0. The second kappa shape index (κ2) is 8.26. The van der Waals surface area contributed by atoms with Gasteiger partial charge in [0.15, 0.2) is 5.54 Å². The van der Waals surface area contributed by atoms with Crippen LogP contribution < -0.4 is 5.32 Å². The Hall–Kier alpha value is -2.61. The van der Waals surface area contributed by atoms with Crippen molar-refractivity contribution in [1.29, 1.82) is 0 Å². The number of nitrogens with one attached hydrogen (secondary N) is 1. The zero-order valence-electron chi connectivity index (χ0n) is 17.9. The van der Waals surface area contributed by atoms with E-state index >= 15 is 0 Å². The first-order valence-corrected chi connectivity index (χ1v) is 11.7. The molecule has 0 amide bonds. The van der Waals surface area contributed by atoms with Gasteiger partial charge in [-0.2, -0.15) is 0 Å². The Kier molecular flexibility index (Phi) is 5.33. The molecule has 1 heterocycles. The third-order valence-corrected chi connectivity index (χ3v) is 7.22. The fourth-order valence-electron chi connectivity index (χ4n) is 5.76. The predicted octanol–water partition coefficient (Wildman–Crippen LogP) is 6.29. The highest BCUT2D eigenvalue weighted by Gasteiger charge is 2.59. The number of rotatable bonds is 4. The Bertz CT molecular complexity index is 923. The molecule has 1 fully saturated rings. The topological polar surface area (TPSA) is 15.0 Å². The van der Waals surface area contributed by atoms with Gasteiger partial charge in [0.05, 0.1) is 17.3 Å². The zero-order valence-corrected chi connectivity index (χ0v) is 17.9. The maximum Gasteiger partial charge on any atom is 0.284 e. The summed E-state index contributed by atoms with van der Waals surface area (Å²) in [6, 6.07) is 22.6. The Morgan fingerprint density at radius 3 is 2.00 bits per heavy atom. The summed E-state index contributed by atoms with van der Waals surface area (Å²) < 4.78 is 2.70. The molecule has 0 spiro atoms. The van der Waals surface area contributed by atoms with Crippen LogP contribution in [0.4, 0.5) is 0 Å². The molecule has 2 aromatic rings. The molecular formula is C28H33N2+. The van der Waals surface area contributed by atoms with E-state index in [9.17, 15) is 0 Å². The average Bonchev–Trinajstić information content (AvgIpc) is 2.83. The average molecular weight is 398 g/mol. The fourth-order valence-corrected chi connectivity index (χ4v) is 5.76. The lowest BCUT2D eigenvalue weighted by Gasteiger charge is -2.48. The monoisotopic (exact) mass is 397 g/mol. The molecule has 0 bridgehead atoms. The molecule has 2 heteroatoms. The molecule has 154 valence electrons. The SMILES string of the molecule is C=C1C(NC2=CCCCC2)=[N+](C2CCCCC2)C1(c1ccccc1)c1ccccc1. The first-order valence-electron chi connectivity index (χ1n) is 11.7. The first-order chi connectivity index (χ1) is 14.8. The van der Waals surface area contributed by atoms with E-state index in [1.807, 2.05) is 0 Å². The van der Waals surface area contributed by atoms with Gasteiger partial charge in [-0.05, 0) is 51.0 Å². The number of benzene rings is 2. The normalized spacial score (nSPS) is 21.7. The van der Waals surface area contributed by atoms with Crippen LogP contribution >= 0.6 is 0 Å².